The lowest BCUT2D eigenvalue weighted by Gasteiger charge is -2.16. The summed E-state index contributed by atoms with van der Waals surface area (Å²) in [5.74, 6) is -0.305. The zero-order chi connectivity index (χ0) is 18.0. The van der Waals surface area contributed by atoms with E-state index in [-0.39, 0.29) is 15.8 Å². The van der Waals surface area contributed by atoms with Crippen molar-refractivity contribution in [2.45, 2.75) is 13.0 Å². The SMILES string of the molecule is C[C@H](Nc1cccc2ccccc12)C(=O)Oc1cc(Cl)c(Cl)cc1Cl. The zero-order valence-electron chi connectivity index (χ0n) is 13.2. The van der Waals surface area contributed by atoms with Crippen LogP contribution in [0, 0.1) is 0 Å². The second-order valence-electron chi connectivity index (χ2n) is 5.51. The molecule has 0 heterocycles. The Balaban J connectivity index is 1.78. The average Bonchev–Trinajstić information content (AvgIpc) is 2.60. The van der Waals surface area contributed by atoms with Gasteiger partial charge in [0.15, 0.2) is 5.75 Å². The first kappa shape index (κ1) is 17.9. The number of halogens is 3. The monoisotopic (exact) mass is 393 g/mol. The number of esters is 1. The molecule has 128 valence electrons. The molecule has 6 heteroatoms. The molecule has 3 aromatic carbocycles. The summed E-state index contributed by atoms with van der Waals surface area (Å²) in [5, 5.41) is 6.07. The maximum Gasteiger partial charge on any atom is 0.333 e. The number of anilines is 1. The fraction of sp³-hybridized carbons (Fsp3) is 0.105. The summed E-state index contributed by atoms with van der Waals surface area (Å²) in [6, 6.07) is 16.1. The second-order valence-corrected chi connectivity index (χ2v) is 6.73. The zero-order valence-corrected chi connectivity index (χ0v) is 15.5. The largest absolute Gasteiger partial charge is 0.423 e. The van der Waals surface area contributed by atoms with Crippen LogP contribution in [0.5, 0.6) is 5.75 Å². The van der Waals surface area contributed by atoms with Crippen molar-refractivity contribution in [3.8, 4) is 5.75 Å². The van der Waals surface area contributed by atoms with Gasteiger partial charge in [-0.05, 0) is 24.4 Å². The van der Waals surface area contributed by atoms with Crippen molar-refractivity contribution < 1.29 is 9.53 Å². The Labute approximate surface area is 160 Å². The van der Waals surface area contributed by atoms with Gasteiger partial charge in [0, 0.05) is 17.1 Å². The molecule has 0 aliphatic rings. The van der Waals surface area contributed by atoms with Gasteiger partial charge in [0.2, 0.25) is 0 Å². The average molecular weight is 395 g/mol. The van der Waals surface area contributed by atoms with Crippen LogP contribution in [0.2, 0.25) is 15.1 Å². The van der Waals surface area contributed by atoms with Crippen molar-refractivity contribution in [3.05, 3.63) is 69.7 Å². The van der Waals surface area contributed by atoms with Gasteiger partial charge in [-0.1, -0.05) is 71.2 Å². The normalized spacial score (nSPS) is 12.0. The van der Waals surface area contributed by atoms with E-state index in [0.29, 0.717) is 5.02 Å². The van der Waals surface area contributed by atoms with Crippen LogP contribution in [0.25, 0.3) is 10.8 Å². The number of hydrogen-bond donors (Lipinski definition) is 1. The summed E-state index contributed by atoms with van der Waals surface area (Å²) in [7, 11) is 0. The van der Waals surface area contributed by atoms with E-state index in [1.54, 1.807) is 6.92 Å². The third-order valence-corrected chi connectivity index (χ3v) is 4.72. The first-order valence-corrected chi connectivity index (χ1v) is 8.69. The van der Waals surface area contributed by atoms with Crippen molar-refractivity contribution in [3.63, 3.8) is 0 Å². The van der Waals surface area contributed by atoms with Crippen molar-refractivity contribution in [1.82, 2.24) is 0 Å². The number of carbonyl (C=O) groups excluding carboxylic acids is 1. The van der Waals surface area contributed by atoms with Crippen LogP contribution in [-0.2, 0) is 4.79 Å². The minimum Gasteiger partial charge on any atom is -0.423 e. The molecule has 0 aliphatic heterocycles. The Hall–Kier alpha value is -1.94. The number of benzene rings is 3. The van der Waals surface area contributed by atoms with Crippen LogP contribution in [0.3, 0.4) is 0 Å². The first-order valence-electron chi connectivity index (χ1n) is 7.56. The van der Waals surface area contributed by atoms with E-state index in [9.17, 15) is 4.79 Å². The molecule has 25 heavy (non-hydrogen) atoms. The number of carbonyl (C=O) groups is 1. The van der Waals surface area contributed by atoms with Gasteiger partial charge in [0.1, 0.15) is 6.04 Å². The molecule has 3 nitrogen and oxygen atoms in total. The van der Waals surface area contributed by atoms with Gasteiger partial charge in [0.25, 0.3) is 0 Å². The van der Waals surface area contributed by atoms with Crippen molar-refractivity contribution in [1.29, 1.82) is 0 Å². The molecule has 3 aromatic rings. The van der Waals surface area contributed by atoms with Gasteiger partial charge < -0.3 is 10.1 Å². The molecule has 0 aromatic heterocycles. The fourth-order valence-corrected chi connectivity index (χ4v) is 3.00. The predicted molar refractivity (Wildman–Crippen MR) is 104 cm³/mol. The van der Waals surface area contributed by atoms with Crippen LogP contribution >= 0.6 is 34.8 Å². The Morgan fingerprint density at radius 2 is 1.64 bits per heavy atom. The summed E-state index contributed by atoms with van der Waals surface area (Å²) in [6.45, 7) is 1.72. The third-order valence-electron chi connectivity index (χ3n) is 3.70. The van der Waals surface area contributed by atoms with Gasteiger partial charge in [-0.25, -0.2) is 4.79 Å². The summed E-state index contributed by atoms with van der Waals surface area (Å²) in [4.78, 5) is 12.4. The molecule has 1 atom stereocenters. The third kappa shape index (κ3) is 4.01. The van der Waals surface area contributed by atoms with Crippen LogP contribution in [0.15, 0.2) is 54.6 Å². The predicted octanol–water partition coefficient (Wildman–Crippen LogP) is 6.21. The molecule has 0 radical (unpaired) electrons. The van der Waals surface area contributed by atoms with E-state index in [4.69, 9.17) is 39.5 Å². The number of rotatable bonds is 4. The minimum absolute atomic E-state index is 0.174. The quantitative estimate of drug-likeness (QED) is 0.325. The summed E-state index contributed by atoms with van der Waals surface area (Å²) in [5.41, 5.74) is 0.850. The Kier molecular flexibility index (Phi) is 5.38. The standard InChI is InChI=1S/C19H14Cl3NO2/c1-11(19(24)25-18-10-15(21)14(20)9-16(18)22)23-17-8-4-6-12-5-2-3-7-13(12)17/h2-11,23H,1H3/t11-/m0/s1. The van der Waals surface area contributed by atoms with Gasteiger partial charge >= 0.3 is 5.97 Å². The lowest BCUT2D eigenvalue weighted by atomic mass is 10.1. The molecule has 0 amide bonds. The van der Waals surface area contributed by atoms with Gasteiger partial charge in [-0.2, -0.15) is 0 Å². The number of hydrogen-bond acceptors (Lipinski definition) is 3. The highest BCUT2D eigenvalue weighted by Gasteiger charge is 2.18. The van der Waals surface area contributed by atoms with Crippen molar-refractivity contribution in [2.24, 2.45) is 0 Å². The number of nitrogens with one attached hydrogen (secondary N) is 1. The lowest BCUT2D eigenvalue weighted by Crippen LogP contribution is -2.30. The lowest BCUT2D eigenvalue weighted by molar-refractivity contribution is -0.134. The Morgan fingerprint density at radius 3 is 2.44 bits per heavy atom. The molecule has 0 fully saturated rings. The second kappa shape index (κ2) is 7.52. The van der Waals surface area contributed by atoms with E-state index in [1.807, 2.05) is 42.5 Å². The van der Waals surface area contributed by atoms with Crippen molar-refractivity contribution >= 4 is 57.2 Å². The topological polar surface area (TPSA) is 38.3 Å². The molecular formula is C19H14Cl3NO2. The molecule has 1 N–H and O–H groups in total. The van der Waals surface area contributed by atoms with Crippen LogP contribution in [0.4, 0.5) is 5.69 Å². The van der Waals surface area contributed by atoms with Gasteiger partial charge in [0.05, 0.1) is 15.1 Å². The number of ether oxygens (including phenoxy) is 1. The molecule has 0 aliphatic carbocycles. The van der Waals surface area contributed by atoms with Gasteiger partial charge in [-0.3, -0.25) is 0 Å². The van der Waals surface area contributed by atoms with E-state index < -0.39 is 12.0 Å². The molecule has 3 rings (SSSR count). The number of fused-ring (bicyclic) bond motifs is 1. The molecule has 0 bridgehead atoms. The highest BCUT2D eigenvalue weighted by molar-refractivity contribution is 6.43. The van der Waals surface area contributed by atoms with E-state index in [1.165, 1.54) is 12.1 Å². The molecule has 0 unspecified atom stereocenters. The summed E-state index contributed by atoms with van der Waals surface area (Å²) >= 11 is 17.9. The van der Waals surface area contributed by atoms with E-state index >= 15 is 0 Å². The van der Waals surface area contributed by atoms with Crippen LogP contribution < -0.4 is 10.1 Å². The summed E-state index contributed by atoms with van der Waals surface area (Å²) in [6.07, 6.45) is 0. The summed E-state index contributed by atoms with van der Waals surface area (Å²) < 4.78 is 5.35. The van der Waals surface area contributed by atoms with E-state index in [0.717, 1.165) is 16.5 Å². The molecule has 0 saturated carbocycles. The molecule has 0 saturated heterocycles. The fourth-order valence-electron chi connectivity index (χ4n) is 2.42. The maximum atomic E-state index is 12.4. The van der Waals surface area contributed by atoms with E-state index in [2.05, 4.69) is 5.32 Å². The highest BCUT2D eigenvalue weighted by atomic mass is 35.5. The van der Waals surface area contributed by atoms with Gasteiger partial charge in [-0.15, -0.1) is 0 Å². The molecular weight excluding hydrogens is 381 g/mol. The first-order chi connectivity index (χ1) is 12.0. The van der Waals surface area contributed by atoms with Crippen LogP contribution in [-0.4, -0.2) is 12.0 Å². The Bertz CT molecular complexity index is 938. The van der Waals surface area contributed by atoms with Crippen molar-refractivity contribution in [2.75, 3.05) is 5.32 Å². The maximum absolute atomic E-state index is 12.4. The highest BCUT2D eigenvalue weighted by Crippen LogP contribution is 2.34. The molecule has 0 spiro atoms. The Morgan fingerprint density at radius 1 is 0.960 bits per heavy atom. The van der Waals surface area contributed by atoms with Crippen LogP contribution in [0.1, 0.15) is 6.92 Å². The smallest absolute Gasteiger partial charge is 0.333 e. The minimum atomic E-state index is -0.587.